The third kappa shape index (κ3) is 2.57. The third-order valence-corrected chi connectivity index (χ3v) is 4.80. The smallest absolute Gasteiger partial charge is 0.170 e. The van der Waals surface area contributed by atoms with E-state index >= 15 is 0 Å². The average molecular weight is 326 g/mol. The predicted molar refractivity (Wildman–Crippen MR) is 98.1 cm³/mol. The molecule has 2 unspecified atom stereocenters. The molecule has 0 saturated carbocycles. The maximum Gasteiger partial charge on any atom is 0.170 e. The van der Waals surface area contributed by atoms with Crippen LogP contribution in [0.15, 0.2) is 30.4 Å². The summed E-state index contributed by atoms with van der Waals surface area (Å²) in [6.45, 7) is 12.3. The first-order chi connectivity index (χ1) is 11.3. The van der Waals surface area contributed by atoms with Crippen LogP contribution in [0.1, 0.15) is 55.9 Å². The fraction of sp³-hybridized carbons (Fsp3) is 0.429. The van der Waals surface area contributed by atoms with Gasteiger partial charge in [-0.2, -0.15) is 0 Å². The summed E-state index contributed by atoms with van der Waals surface area (Å²) in [5.41, 5.74) is 4.14. The summed E-state index contributed by atoms with van der Waals surface area (Å²) in [6, 6.07) is 6.32. The second-order valence-corrected chi connectivity index (χ2v) is 7.14. The highest BCUT2D eigenvalue weighted by Crippen LogP contribution is 2.50. The molecule has 3 heteroatoms. The van der Waals surface area contributed by atoms with E-state index in [0.717, 1.165) is 44.5 Å². The number of aryl methyl sites for hydroxylation is 1. The highest BCUT2D eigenvalue weighted by Gasteiger charge is 2.34. The van der Waals surface area contributed by atoms with Crippen LogP contribution in [0.2, 0.25) is 0 Å². The molecule has 0 bridgehead atoms. The van der Waals surface area contributed by atoms with Crippen LogP contribution in [0.4, 0.5) is 0 Å². The summed E-state index contributed by atoms with van der Waals surface area (Å²) >= 11 is 0. The molecule has 2 atom stereocenters. The molecule has 1 aliphatic heterocycles. The zero-order chi connectivity index (χ0) is 17.6. The van der Waals surface area contributed by atoms with Gasteiger partial charge in [0, 0.05) is 17.4 Å². The Labute approximate surface area is 143 Å². The van der Waals surface area contributed by atoms with E-state index in [2.05, 4.69) is 38.6 Å². The average Bonchev–Trinajstić information content (AvgIpc) is 2.52. The van der Waals surface area contributed by atoms with Gasteiger partial charge in [0.2, 0.25) is 0 Å². The van der Waals surface area contributed by atoms with Crippen molar-refractivity contribution in [2.45, 2.75) is 52.2 Å². The van der Waals surface area contributed by atoms with Crippen molar-refractivity contribution in [2.75, 3.05) is 7.11 Å². The summed E-state index contributed by atoms with van der Waals surface area (Å²) in [6.07, 6.45) is -0.381. The summed E-state index contributed by atoms with van der Waals surface area (Å²) in [5.74, 6) is 1.86. The van der Waals surface area contributed by atoms with E-state index in [1.54, 1.807) is 7.11 Å². The normalized spacial score (nSPS) is 19.5. The van der Waals surface area contributed by atoms with Gasteiger partial charge in [0.1, 0.15) is 12.2 Å². The highest BCUT2D eigenvalue weighted by molar-refractivity contribution is 5.96. The minimum atomic E-state index is -0.660. The van der Waals surface area contributed by atoms with Crippen LogP contribution >= 0.6 is 0 Å². The molecule has 0 amide bonds. The SMILES string of the molecule is C=C(C)CC1Oc2c(OC)c(C(C)C)cc3ccc(C)c(c23)C1O. The number of rotatable bonds is 4. The zero-order valence-electron chi connectivity index (χ0n) is 15.1. The van der Waals surface area contributed by atoms with E-state index in [1.165, 1.54) is 0 Å². The molecular formula is C21H26O3. The van der Waals surface area contributed by atoms with Crippen molar-refractivity contribution in [2.24, 2.45) is 0 Å². The van der Waals surface area contributed by atoms with E-state index in [0.29, 0.717) is 12.3 Å². The standard InChI is InChI=1S/C21H26O3/c1-11(2)9-16-19(22)17-13(5)7-8-14-10-15(12(3)4)20(23-6)21(24-16)18(14)17/h7-8,10,12,16,19,22H,1,9H2,2-6H3. The number of ether oxygens (including phenoxy) is 2. The van der Waals surface area contributed by atoms with Gasteiger partial charge in [-0.1, -0.05) is 38.1 Å². The molecule has 2 aromatic rings. The van der Waals surface area contributed by atoms with Crippen molar-refractivity contribution < 1.29 is 14.6 Å². The fourth-order valence-electron chi connectivity index (χ4n) is 3.62. The molecule has 3 rings (SSSR count). The van der Waals surface area contributed by atoms with Crippen LogP contribution in [0.25, 0.3) is 10.8 Å². The number of benzene rings is 2. The van der Waals surface area contributed by atoms with E-state index < -0.39 is 6.10 Å². The Morgan fingerprint density at radius 2 is 2.08 bits per heavy atom. The van der Waals surface area contributed by atoms with Crippen LogP contribution in [0, 0.1) is 6.92 Å². The molecule has 128 valence electrons. The molecule has 1 heterocycles. The Kier molecular flexibility index (Phi) is 4.31. The Bertz CT molecular complexity index is 805. The van der Waals surface area contributed by atoms with Gasteiger partial charge in [0.05, 0.1) is 7.11 Å². The van der Waals surface area contributed by atoms with E-state index in [-0.39, 0.29) is 6.10 Å². The van der Waals surface area contributed by atoms with Gasteiger partial charge >= 0.3 is 0 Å². The van der Waals surface area contributed by atoms with Gasteiger partial charge in [-0.15, -0.1) is 0 Å². The summed E-state index contributed by atoms with van der Waals surface area (Å²) in [5, 5.41) is 13.0. The molecule has 0 spiro atoms. The lowest BCUT2D eigenvalue weighted by Crippen LogP contribution is -2.30. The molecule has 1 N–H and O–H groups in total. The second-order valence-electron chi connectivity index (χ2n) is 7.14. The van der Waals surface area contributed by atoms with Gasteiger partial charge in [-0.3, -0.25) is 0 Å². The van der Waals surface area contributed by atoms with Gasteiger partial charge in [0.15, 0.2) is 11.5 Å². The molecule has 0 aliphatic carbocycles. The van der Waals surface area contributed by atoms with Crippen molar-refractivity contribution in [3.05, 3.63) is 47.0 Å². The van der Waals surface area contributed by atoms with Gasteiger partial charge < -0.3 is 14.6 Å². The first kappa shape index (κ1) is 16.8. The third-order valence-electron chi connectivity index (χ3n) is 4.80. The maximum absolute atomic E-state index is 10.9. The number of hydrogen-bond donors (Lipinski definition) is 1. The minimum absolute atomic E-state index is 0.320. The molecule has 0 aromatic heterocycles. The summed E-state index contributed by atoms with van der Waals surface area (Å²) < 4.78 is 12.0. The number of aliphatic hydroxyl groups excluding tert-OH is 1. The Morgan fingerprint density at radius 3 is 2.67 bits per heavy atom. The van der Waals surface area contributed by atoms with E-state index in [9.17, 15) is 5.11 Å². The van der Waals surface area contributed by atoms with Crippen LogP contribution < -0.4 is 9.47 Å². The lowest BCUT2D eigenvalue weighted by atomic mass is 9.86. The summed E-state index contributed by atoms with van der Waals surface area (Å²) in [4.78, 5) is 0. The Morgan fingerprint density at radius 1 is 1.38 bits per heavy atom. The van der Waals surface area contributed by atoms with Crippen LogP contribution in [-0.2, 0) is 0 Å². The number of hydrogen-bond acceptors (Lipinski definition) is 3. The molecule has 0 radical (unpaired) electrons. The first-order valence-corrected chi connectivity index (χ1v) is 8.48. The van der Waals surface area contributed by atoms with Gasteiger partial charge in [-0.25, -0.2) is 0 Å². The lowest BCUT2D eigenvalue weighted by molar-refractivity contribution is 0.0290. The second kappa shape index (κ2) is 6.14. The quantitative estimate of drug-likeness (QED) is 0.800. The van der Waals surface area contributed by atoms with Crippen molar-refractivity contribution in [1.82, 2.24) is 0 Å². The Hall–Kier alpha value is -2.00. The van der Waals surface area contributed by atoms with Crippen LogP contribution in [0.5, 0.6) is 11.5 Å². The van der Waals surface area contributed by atoms with Gasteiger partial charge in [-0.05, 0) is 42.3 Å². The van der Waals surface area contributed by atoms with Crippen LogP contribution in [-0.4, -0.2) is 18.3 Å². The molecule has 24 heavy (non-hydrogen) atoms. The fourth-order valence-corrected chi connectivity index (χ4v) is 3.62. The highest BCUT2D eigenvalue weighted by atomic mass is 16.5. The minimum Gasteiger partial charge on any atom is -0.493 e. The lowest BCUT2D eigenvalue weighted by Gasteiger charge is -2.34. The topological polar surface area (TPSA) is 38.7 Å². The number of aliphatic hydroxyl groups is 1. The van der Waals surface area contributed by atoms with Crippen molar-refractivity contribution in [1.29, 1.82) is 0 Å². The number of methoxy groups -OCH3 is 1. The largest absolute Gasteiger partial charge is 0.493 e. The van der Waals surface area contributed by atoms with Gasteiger partial charge in [0.25, 0.3) is 0 Å². The molecule has 0 fully saturated rings. The zero-order valence-corrected chi connectivity index (χ0v) is 15.1. The molecular weight excluding hydrogens is 300 g/mol. The monoisotopic (exact) mass is 326 g/mol. The molecule has 1 aliphatic rings. The van der Waals surface area contributed by atoms with Crippen molar-refractivity contribution >= 4 is 10.8 Å². The van der Waals surface area contributed by atoms with Crippen molar-refractivity contribution in [3.63, 3.8) is 0 Å². The Balaban J connectivity index is 2.34. The van der Waals surface area contributed by atoms with E-state index in [4.69, 9.17) is 9.47 Å². The van der Waals surface area contributed by atoms with Crippen molar-refractivity contribution in [3.8, 4) is 11.5 Å². The first-order valence-electron chi connectivity index (χ1n) is 8.48. The maximum atomic E-state index is 10.9. The molecule has 0 saturated heterocycles. The predicted octanol–water partition coefficient (Wildman–Crippen LogP) is 5.04. The molecule has 3 nitrogen and oxygen atoms in total. The summed E-state index contributed by atoms with van der Waals surface area (Å²) in [7, 11) is 1.68. The van der Waals surface area contributed by atoms with E-state index in [1.807, 2.05) is 13.8 Å². The molecule has 2 aromatic carbocycles. The van der Waals surface area contributed by atoms with Crippen LogP contribution in [0.3, 0.4) is 0 Å².